The third-order valence-corrected chi connectivity index (χ3v) is 3.89. The van der Waals surface area contributed by atoms with Crippen LogP contribution >= 0.6 is 0 Å². The fourth-order valence-electron chi connectivity index (χ4n) is 2.54. The van der Waals surface area contributed by atoms with Crippen LogP contribution in [0, 0.1) is 0 Å². The molecule has 142 valence electrons. The first-order valence-electron chi connectivity index (χ1n) is 8.68. The molecule has 0 atom stereocenters. The average Bonchev–Trinajstić information content (AvgIpc) is 2.74. The van der Waals surface area contributed by atoms with Crippen molar-refractivity contribution in [2.45, 2.75) is 0 Å². The second-order valence-corrected chi connectivity index (χ2v) is 5.89. The summed E-state index contributed by atoms with van der Waals surface area (Å²) in [5.74, 6) is -0.0209. The number of nitrogens with one attached hydrogen (secondary N) is 2. The molecular weight excluding hydrogens is 356 g/mol. The summed E-state index contributed by atoms with van der Waals surface area (Å²) in [6.07, 6.45) is 0. The van der Waals surface area contributed by atoms with Crippen LogP contribution in [0.4, 0.5) is 17.1 Å². The number of carbonyl (C=O) groups is 2. The third-order valence-electron chi connectivity index (χ3n) is 3.89. The van der Waals surface area contributed by atoms with E-state index in [4.69, 9.17) is 9.47 Å². The molecule has 0 saturated carbocycles. The van der Waals surface area contributed by atoms with Gasteiger partial charge < -0.3 is 20.1 Å². The van der Waals surface area contributed by atoms with Gasteiger partial charge in [-0.3, -0.25) is 4.79 Å². The van der Waals surface area contributed by atoms with E-state index in [1.165, 1.54) is 7.11 Å². The number of methoxy groups -OCH3 is 1. The highest BCUT2D eigenvalue weighted by Gasteiger charge is 2.11. The van der Waals surface area contributed by atoms with Crippen molar-refractivity contribution >= 4 is 28.9 Å². The number of amides is 1. The largest absolute Gasteiger partial charge is 0.484 e. The second kappa shape index (κ2) is 9.23. The number of benzene rings is 3. The summed E-state index contributed by atoms with van der Waals surface area (Å²) >= 11 is 0. The molecule has 0 radical (unpaired) electrons. The second-order valence-electron chi connectivity index (χ2n) is 5.89. The number of hydrogen-bond acceptors (Lipinski definition) is 5. The first-order chi connectivity index (χ1) is 13.7. The highest BCUT2D eigenvalue weighted by atomic mass is 16.5. The minimum Gasteiger partial charge on any atom is -0.484 e. The van der Waals surface area contributed by atoms with Gasteiger partial charge in [0.15, 0.2) is 6.61 Å². The summed E-state index contributed by atoms with van der Waals surface area (Å²) in [7, 11) is 1.35. The molecule has 28 heavy (non-hydrogen) atoms. The SMILES string of the molecule is COC(=O)c1ccccc1Nc1ccc(NC(=O)COc2ccccc2)cc1. The molecule has 0 heterocycles. The standard InChI is InChI=1S/C22H20N2O4/c1-27-22(26)19-9-5-6-10-20(19)23-16-11-13-17(14-12-16)24-21(25)15-28-18-7-3-2-4-8-18/h2-14,23H,15H2,1H3,(H,24,25). The topological polar surface area (TPSA) is 76.7 Å². The molecule has 3 rings (SSSR count). The Hall–Kier alpha value is -3.80. The van der Waals surface area contributed by atoms with Gasteiger partial charge in [0.2, 0.25) is 0 Å². The molecule has 6 heteroatoms. The molecule has 3 aromatic rings. The zero-order valence-corrected chi connectivity index (χ0v) is 15.3. The lowest BCUT2D eigenvalue weighted by Crippen LogP contribution is -2.20. The van der Waals surface area contributed by atoms with E-state index >= 15 is 0 Å². The van der Waals surface area contributed by atoms with Crippen molar-refractivity contribution in [3.8, 4) is 5.75 Å². The van der Waals surface area contributed by atoms with Crippen molar-refractivity contribution in [1.29, 1.82) is 0 Å². The predicted molar refractivity (Wildman–Crippen MR) is 108 cm³/mol. The minimum atomic E-state index is -0.412. The van der Waals surface area contributed by atoms with Gasteiger partial charge in [-0.2, -0.15) is 0 Å². The number of rotatable bonds is 7. The fourth-order valence-corrected chi connectivity index (χ4v) is 2.54. The number of carbonyl (C=O) groups excluding carboxylic acids is 2. The summed E-state index contributed by atoms with van der Waals surface area (Å²) in [6.45, 7) is -0.0729. The average molecular weight is 376 g/mol. The number of ether oxygens (including phenoxy) is 2. The maximum absolute atomic E-state index is 12.0. The smallest absolute Gasteiger partial charge is 0.339 e. The van der Waals surface area contributed by atoms with Crippen molar-refractivity contribution in [3.05, 3.63) is 84.4 Å². The molecule has 0 bridgehead atoms. The van der Waals surface area contributed by atoms with E-state index in [0.717, 1.165) is 5.69 Å². The Kier molecular flexibility index (Phi) is 6.25. The molecule has 0 aromatic heterocycles. The Balaban J connectivity index is 1.58. The van der Waals surface area contributed by atoms with Gasteiger partial charge in [0.1, 0.15) is 5.75 Å². The lowest BCUT2D eigenvalue weighted by atomic mass is 10.1. The summed E-state index contributed by atoms with van der Waals surface area (Å²) in [5.41, 5.74) is 2.51. The first kappa shape index (κ1) is 19.0. The van der Waals surface area contributed by atoms with E-state index in [-0.39, 0.29) is 12.5 Å². The van der Waals surface area contributed by atoms with Gasteiger partial charge in [0.05, 0.1) is 18.4 Å². The fraction of sp³-hybridized carbons (Fsp3) is 0.0909. The molecule has 0 aliphatic rings. The summed E-state index contributed by atoms with van der Waals surface area (Å²) in [5, 5.41) is 5.95. The Labute approximate surface area is 163 Å². The molecule has 6 nitrogen and oxygen atoms in total. The number of anilines is 3. The Morgan fingerprint density at radius 1 is 0.821 bits per heavy atom. The Morgan fingerprint density at radius 3 is 2.18 bits per heavy atom. The van der Waals surface area contributed by atoms with Gasteiger partial charge in [-0.1, -0.05) is 30.3 Å². The molecule has 1 amide bonds. The molecule has 3 aromatic carbocycles. The van der Waals surface area contributed by atoms with Crippen LogP contribution in [0.15, 0.2) is 78.9 Å². The summed E-state index contributed by atoms with van der Waals surface area (Å²) < 4.78 is 10.2. The quantitative estimate of drug-likeness (QED) is 0.604. The van der Waals surface area contributed by atoms with Crippen LogP contribution in [0.3, 0.4) is 0 Å². The first-order valence-corrected chi connectivity index (χ1v) is 8.68. The van der Waals surface area contributed by atoms with Gasteiger partial charge >= 0.3 is 5.97 Å². The zero-order valence-electron chi connectivity index (χ0n) is 15.3. The van der Waals surface area contributed by atoms with Crippen LogP contribution in [0.25, 0.3) is 0 Å². The maximum Gasteiger partial charge on any atom is 0.339 e. The lowest BCUT2D eigenvalue weighted by molar-refractivity contribution is -0.118. The molecule has 0 saturated heterocycles. The van der Waals surface area contributed by atoms with Crippen LogP contribution in [0.5, 0.6) is 5.75 Å². The number of para-hydroxylation sites is 2. The molecule has 0 aliphatic carbocycles. The number of hydrogen-bond donors (Lipinski definition) is 2. The molecule has 0 aliphatic heterocycles. The van der Waals surface area contributed by atoms with Gasteiger partial charge in [-0.15, -0.1) is 0 Å². The van der Waals surface area contributed by atoms with Gasteiger partial charge in [-0.05, 0) is 48.5 Å². The lowest BCUT2D eigenvalue weighted by Gasteiger charge is -2.12. The van der Waals surface area contributed by atoms with E-state index in [1.807, 2.05) is 36.4 Å². The van der Waals surface area contributed by atoms with Gasteiger partial charge in [-0.25, -0.2) is 4.79 Å². The van der Waals surface area contributed by atoms with Gasteiger partial charge in [0, 0.05) is 11.4 Å². The van der Waals surface area contributed by atoms with Crippen LogP contribution in [0.1, 0.15) is 10.4 Å². The summed E-state index contributed by atoms with van der Waals surface area (Å²) in [4.78, 5) is 23.9. The maximum atomic E-state index is 12.0. The highest BCUT2D eigenvalue weighted by molar-refractivity contribution is 5.96. The van der Waals surface area contributed by atoms with Crippen molar-refractivity contribution in [2.75, 3.05) is 24.4 Å². The Morgan fingerprint density at radius 2 is 1.46 bits per heavy atom. The van der Waals surface area contributed by atoms with Gasteiger partial charge in [0.25, 0.3) is 5.91 Å². The minimum absolute atomic E-state index is 0.0729. The summed E-state index contributed by atoms with van der Waals surface area (Å²) in [6, 6.07) is 23.4. The van der Waals surface area contributed by atoms with E-state index < -0.39 is 5.97 Å². The van der Waals surface area contributed by atoms with E-state index in [1.54, 1.807) is 42.5 Å². The molecule has 2 N–H and O–H groups in total. The van der Waals surface area contributed by atoms with E-state index in [2.05, 4.69) is 10.6 Å². The van der Waals surface area contributed by atoms with Crippen molar-refractivity contribution in [1.82, 2.24) is 0 Å². The zero-order chi connectivity index (χ0) is 19.8. The van der Waals surface area contributed by atoms with E-state index in [9.17, 15) is 9.59 Å². The van der Waals surface area contributed by atoms with E-state index in [0.29, 0.717) is 22.7 Å². The highest BCUT2D eigenvalue weighted by Crippen LogP contribution is 2.23. The van der Waals surface area contributed by atoms with Crippen LogP contribution in [0.2, 0.25) is 0 Å². The van der Waals surface area contributed by atoms with Crippen LogP contribution in [-0.4, -0.2) is 25.6 Å². The van der Waals surface area contributed by atoms with Crippen molar-refractivity contribution < 1.29 is 19.1 Å². The van der Waals surface area contributed by atoms with Crippen LogP contribution in [-0.2, 0) is 9.53 Å². The van der Waals surface area contributed by atoms with Crippen molar-refractivity contribution in [2.24, 2.45) is 0 Å². The van der Waals surface area contributed by atoms with Crippen molar-refractivity contribution in [3.63, 3.8) is 0 Å². The number of esters is 1. The predicted octanol–water partition coefficient (Wildman–Crippen LogP) is 4.23. The molecule has 0 fully saturated rings. The molecular formula is C22H20N2O4. The monoisotopic (exact) mass is 376 g/mol. The van der Waals surface area contributed by atoms with Crippen LogP contribution < -0.4 is 15.4 Å². The molecule has 0 spiro atoms. The third kappa shape index (κ3) is 5.11. The normalized spacial score (nSPS) is 10.0. The molecule has 0 unspecified atom stereocenters. The Bertz CT molecular complexity index is 940.